The molecule has 0 spiro atoms. The van der Waals surface area contributed by atoms with Gasteiger partial charge in [0.05, 0.1) is 5.56 Å². The molecule has 0 fully saturated rings. The molecule has 0 saturated heterocycles. The molecule has 23 heavy (non-hydrogen) atoms. The van der Waals surface area contributed by atoms with Gasteiger partial charge in [-0.1, -0.05) is 29.3 Å². The fourth-order valence-corrected chi connectivity index (χ4v) is 3.51. The monoisotopic (exact) mass is 368 g/mol. The zero-order valence-corrected chi connectivity index (χ0v) is 14.8. The van der Waals surface area contributed by atoms with E-state index in [1.165, 1.54) is 17.4 Å². The lowest BCUT2D eigenvalue weighted by molar-refractivity contribution is -0.111. The molecule has 0 saturated carbocycles. The summed E-state index contributed by atoms with van der Waals surface area (Å²) in [6.07, 6.45) is 2.91. The number of amides is 2. The summed E-state index contributed by atoms with van der Waals surface area (Å²) in [6.45, 7) is 3.66. The van der Waals surface area contributed by atoms with E-state index in [0.29, 0.717) is 26.2 Å². The maximum Gasteiger partial charge on any atom is 0.251 e. The van der Waals surface area contributed by atoms with Gasteiger partial charge in [-0.15, -0.1) is 11.3 Å². The molecule has 2 aromatic rings. The lowest BCUT2D eigenvalue weighted by Crippen LogP contribution is -2.16. The highest BCUT2D eigenvalue weighted by Gasteiger charge is 2.18. The number of nitrogens with two attached hydrogens (primary N) is 1. The van der Waals surface area contributed by atoms with E-state index < -0.39 is 5.91 Å². The van der Waals surface area contributed by atoms with Crippen molar-refractivity contribution in [2.45, 2.75) is 13.8 Å². The van der Waals surface area contributed by atoms with Gasteiger partial charge in [-0.05, 0) is 43.2 Å². The second-order valence-electron chi connectivity index (χ2n) is 4.84. The van der Waals surface area contributed by atoms with Crippen LogP contribution in [0.5, 0.6) is 0 Å². The Morgan fingerprint density at radius 2 is 1.96 bits per heavy atom. The Morgan fingerprint density at radius 1 is 1.26 bits per heavy atom. The van der Waals surface area contributed by atoms with Crippen LogP contribution in [0.2, 0.25) is 10.0 Å². The number of nitrogens with one attached hydrogen (secondary N) is 1. The maximum absolute atomic E-state index is 12.0. The van der Waals surface area contributed by atoms with E-state index in [0.717, 1.165) is 10.4 Å². The van der Waals surface area contributed by atoms with Gasteiger partial charge >= 0.3 is 0 Å². The second kappa shape index (κ2) is 7.17. The molecule has 2 amide bonds. The van der Waals surface area contributed by atoms with E-state index in [9.17, 15) is 9.59 Å². The average Bonchev–Trinajstić information content (AvgIpc) is 2.72. The van der Waals surface area contributed by atoms with E-state index in [1.54, 1.807) is 31.2 Å². The number of thiophene rings is 1. The Labute approximate surface area is 147 Å². The minimum absolute atomic E-state index is 0.346. The molecule has 0 bridgehead atoms. The lowest BCUT2D eigenvalue weighted by atomic mass is 10.1. The third-order valence-electron chi connectivity index (χ3n) is 3.25. The molecule has 0 aliphatic heterocycles. The van der Waals surface area contributed by atoms with Gasteiger partial charge < -0.3 is 11.1 Å². The fraction of sp³-hybridized carbons (Fsp3) is 0.125. The molecule has 120 valence electrons. The van der Waals surface area contributed by atoms with Crippen LogP contribution in [0.3, 0.4) is 0 Å². The predicted molar refractivity (Wildman–Crippen MR) is 96.4 cm³/mol. The van der Waals surface area contributed by atoms with E-state index in [4.69, 9.17) is 28.9 Å². The molecule has 0 atom stereocenters. The zero-order chi connectivity index (χ0) is 17.1. The van der Waals surface area contributed by atoms with Crippen molar-refractivity contribution in [1.29, 1.82) is 0 Å². The molecule has 0 aliphatic carbocycles. The lowest BCUT2D eigenvalue weighted by Gasteiger charge is -2.02. The number of rotatable bonds is 4. The highest BCUT2D eigenvalue weighted by molar-refractivity contribution is 7.16. The van der Waals surface area contributed by atoms with Crippen LogP contribution in [-0.2, 0) is 4.79 Å². The molecular weight excluding hydrogens is 355 g/mol. The first-order valence-corrected chi connectivity index (χ1v) is 8.20. The van der Waals surface area contributed by atoms with Gasteiger partial charge in [-0.25, -0.2) is 0 Å². The van der Waals surface area contributed by atoms with Crippen molar-refractivity contribution in [3.63, 3.8) is 0 Å². The summed E-state index contributed by atoms with van der Waals surface area (Å²) in [7, 11) is 0. The maximum atomic E-state index is 12.0. The topological polar surface area (TPSA) is 72.2 Å². The van der Waals surface area contributed by atoms with E-state index in [2.05, 4.69) is 5.32 Å². The molecule has 1 heterocycles. The third-order valence-corrected chi connectivity index (χ3v) is 4.93. The number of carbonyl (C=O) groups is 2. The normalized spacial score (nSPS) is 11.0. The summed E-state index contributed by atoms with van der Waals surface area (Å²) in [4.78, 5) is 24.5. The van der Waals surface area contributed by atoms with Crippen LogP contribution in [0.1, 0.15) is 26.4 Å². The zero-order valence-electron chi connectivity index (χ0n) is 12.4. The fourth-order valence-electron chi connectivity index (χ4n) is 1.97. The standard InChI is InChI=1S/C16H14Cl2N2O2S/c1-8-9(2)23-16(14(8)15(19)22)20-13(21)6-4-10-3-5-11(17)7-12(10)18/h3-7H,1-2H3,(H2,19,22)(H,20,21)/b6-4-. The van der Waals surface area contributed by atoms with Crippen molar-refractivity contribution >= 4 is 57.4 Å². The first kappa shape index (κ1) is 17.5. The molecule has 1 aromatic heterocycles. The van der Waals surface area contributed by atoms with Crippen LogP contribution in [0.4, 0.5) is 5.00 Å². The number of anilines is 1. The van der Waals surface area contributed by atoms with Crippen molar-refractivity contribution in [3.05, 3.63) is 55.9 Å². The molecule has 3 N–H and O–H groups in total. The van der Waals surface area contributed by atoms with E-state index >= 15 is 0 Å². The number of hydrogen-bond donors (Lipinski definition) is 2. The molecule has 2 rings (SSSR count). The van der Waals surface area contributed by atoms with Crippen LogP contribution in [-0.4, -0.2) is 11.8 Å². The van der Waals surface area contributed by atoms with Crippen LogP contribution in [0.15, 0.2) is 24.3 Å². The number of primary amides is 1. The van der Waals surface area contributed by atoms with Crippen molar-refractivity contribution in [3.8, 4) is 0 Å². The summed E-state index contributed by atoms with van der Waals surface area (Å²) in [5, 5.41) is 4.09. The minimum atomic E-state index is -0.563. The van der Waals surface area contributed by atoms with Gasteiger partial charge in [0, 0.05) is 21.0 Å². The summed E-state index contributed by atoms with van der Waals surface area (Å²) in [6, 6.07) is 4.99. The molecule has 0 unspecified atom stereocenters. The van der Waals surface area contributed by atoms with Gasteiger partial charge in [0.2, 0.25) is 5.91 Å². The Hall–Kier alpha value is -1.82. The Morgan fingerprint density at radius 3 is 2.57 bits per heavy atom. The third kappa shape index (κ3) is 4.13. The predicted octanol–water partition coefficient (Wildman–Crippen LogP) is 4.42. The molecule has 7 heteroatoms. The number of benzene rings is 1. The first-order valence-electron chi connectivity index (χ1n) is 6.63. The van der Waals surface area contributed by atoms with Gasteiger partial charge in [0.15, 0.2) is 0 Å². The molecule has 4 nitrogen and oxygen atoms in total. The van der Waals surface area contributed by atoms with E-state index in [1.807, 2.05) is 6.92 Å². The van der Waals surface area contributed by atoms with Crippen molar-refractivity contribution in [1.82, 2.24) is 0 Å². The summed E-state index contributed by atoms with van der Waals surface area (Å²) in [5.74, 6) is -0.938. The summed E-state index contributed by atoms with van der Waals surface area (Å²) in [5.41, 5.74) is 7.16. The Balaban J connectivity index is 2.18. The highest BCUT2D eigenvalue weighted by atomic mass is 35.5. The summed E-state index contributed by atoms with van der Waals surface area (Å²) >= 11 is 13.2. The first-order chi connectivity index (χ1) is 10.8. The average molecular weight is 369 g/mol. The van der Waals surface area contributed by atoms with Crippen LogP contribution in [0.25, 0.3) is 6.08 Å². The Kier molecular flexibility index (Phi) is 5.46. The number of carbonyl (C=O) groups excluding carboxylic acids is 2. The quantitative estimate of drug-likeness (QED) is 0.783. The molecular formula is C16H14Cl2N2O2S. The van der Waals surface area contributed by atoms with Crippen LogP contribution < -0.4 is 11.1 Å². The molecule has 0 radical (unpaired) electrons. The van der Waals surface area contributed by atoms with Crippen LogP contribution >= 0.6 is 34.5 Å². The largest absolute Gasteiger partial charge is 0.365 e. The smallest absolute Gasteiger partial charge is 0.251 e. The SMILES string of the molecule is Cc1sc(NC(=O)/C=C\c2ccc(Cl)cc2Cl)c(C(N)=O)c1C. The molecule has 1 aromatic carbocycles. The highest BCUT2D eigenvalue weighted by Crippen LogP contribution is 2.32. The van der Waals surface area contributed by atoms with Crippen molar-refractivity contribution in [2.75, 3.05) is 5.32 Å². The minimum Gasteiger partial charge on any atom is -0.365 e. The number of halogens is 2. The van der Waals surface area contributed by atoms with Gasteiger partial charge in [0.1, 0.15) is 5.00 Å². The number of aryl methyl sites for hydroxylation is 1. The Bertz CT molecular complexity index is 813. The van der Waals surface area contributed by atoms with E-state index in [-0.39, 0.29) is 5.91 Å². The van der Waals surface area contributed by atoms with Gasteiger partial charge in [-0.3, -0.25) is 9.59 Å². The second-order valence-corrected chi connectivity index (χ2v) is 6.91. The van der Waals surface area contributed by atoms with Crippen LogP contribution in [0, 0.1) is 13.8 Å². The molecule has 0 aliphatic rings. The van der Waals surface area contributed by atoms with Gasteiger partial charge in [-0.2, -0.15) is 0 Å². The van der Waals surface area contributed by atoms with Crippen molar-refractivity contribution < 1.29 is 9.59 Å². The van der Waals surface area contributed by atoms with Crippen molar-refractivity contribution in [2.24, 2.45) is 5.73 Å². The van der Waals surface area contributed by atoms with Gasteiger partial charge in [0.25, 0.3) is 5.91 Å². The summed E-state index contributed by atoms with van der Waals surface area (Å²) < 4.78 is 0. The number of hydrogen-bond acceptors (Lipinski definition) is 3.